The number of carbonyl (C=O) groups is 1. The average molecular weight is 375 g/mol. The Bertz CT molecular complexity index is 398. The van der Waals surface area contributed by atoms with E-state index in [9.17, 15) is 4.79 Å². The van der Waals surface area contributed by atoms with Crippen LogP contribution in [0.4, 0.5) is 0 Å². The van der Waals surface area contributed by atoms with Crippen LogP contribution in [0.2, 0.25) is 0 Å². The molecular formula is C26H46O. The van der Waals surface area contributed by atoms with Crippen molar-refractivity contribution in [2.45, 2.75) is 123 Å². The quantitative estimate of drug-likeness (QED) is 0.206. The van der Waals surface area contributed by atoms with Crippen LogP contribution in [0, 0.1) is 0 Å². The first-order chi connectivity index (χ1) is 13.1. The van der Waals surface area contributed by atoms with Crippen LogP contribution in [0.15, 0.2) is 36.5 Å². The number of hydrogen-bond acceptors (Lipinski definition) is 1. The predicted molar refractivity (Wildman–Crippen MR) is 122 cm³/mol. The molecule has 1 rings (SSSR count). The Morgan fingerprint density at radius 1 is 0.630 bits per heavy atom. The second kappa shape index (κ2) is 19.6. The second-order valence-corrected chi connectivity index (χ2v) is 8.04. The summed E-state index contributed by atoms with van der Waals surface area (Å²) in [5, 5.41) is 0. The molecule has 0 aromatic rings. The topological polar surface area (TPSA) is 17.1 Å². The summed E-state index contributed by atoms with van der Waals surface area (Å²) in [4.78, 5) is 10.5. The van der Waals surface area contributed by atoms with Crippen molar-refractivity contribution in [2.75, 3.05) is 0 Å². The fourth-order valence-corrected chi connectivity index (χ4v) is 3.29. The molecule has 0 amide bonds. The van der Waals surface area contributed by atoms with Crippen molar-refractivity contribution < 1.29 is 4.79 Å². The summed E-state index contributed by atoms with van der Waals surface area (Å²) in [6, 6.07) is 0. The van der Waals surface area contributed by atoms with Crippen molar-refractivity contribution >= 4 is 5.78 Å². The summed E-state index contributed by atoms with van der Waals surface area (Å²) in [6.07, 6.45) is 27.0. The van der Waals surface area contributed by atoms with Gasteiger partial charge in [0.15, 0.2) is 0 Å². The highest BCUT2D eigenvalue weighted by atomic mass is 16.1. The van der Waals surface area contributed by atoms with E-state index in [-0.39, 0.29) is 5.78 Å². The minimum absolute atomic E-state index is 0.250. The average Bonchev–Trinajstić information content (AvgIpc) is 2.94. The molecule has 0 aromatic carbocycles. The maximum absolute atomic E-state index is 10.5. The van der Waals surface area contributed by atoms with Crippen molar-refractivity contribution in [2.24, 2.45) is 0 Å². The number of allylic oxidation sites excluding steroid dienone is 4. The highest BCUT2D eigenvalue weighted by molar-refractivity contribution is 5.89. The van der Waals surface area contributed by atoms with Crippen LogP contribution in [-0.2, 0) is 4.79 Å². The normalized spacial score (nSPS) is 14.1. The van der Waals surface area contributed by atoms with E-state index in [1.54, 1.807) is 0 Å². The highest BCUT2D eigenvalue weighted by Gasteiger charge is 2.16. The summed E-state index contributed by atoms with van der Waals surface area (Å²) >= 11 is 0. The van der Waals surface area contributed by atoms with Gasteiger partial charge < -0.3 is 0 Å². The lowest BCUT2D eigenvalue weighted by Crippen LogP contribution is -1.82. The molecule has 1 saturated carbocycles. The summed E-state index contributed by atoms with van der Waals surface area (Å²) in [6.45, 7) is 11.9. The van der Waals surface area contributed by atoms with Crippen molar-refractivity contribution in [1.82, 2.24) is 0 Å². The van der Waals surface area contributed by atoms with Gasteiger partial charge >= 0.3 is 0 Å². The number of carbonyl (C=O) groups excluding carboxylic acids is 1. The molecule has 27 heavy (non-hydrogen) atoms. The molecule has 0 aromatic heterocycles. The number of ketones is 1. The van der Waals surface area contributed by atoms with Crippen LogP contribution >= 0.6 is 0 Å². The first-order valence-corrected chi connectivity index (χ1v) is 11.6. The molecule has 0 saturated heterocycles. The first kappa shape index (κ1) is 25.9. The van der Waals surface area contributed by atoms with Crippen LogP contribution in [0.1, 0.15) is 123 Å². The minimum atomic E-state index is 0.250. The lowest BCUT2D eigenvalue weighted by atomic mass is 10.1. The smallest absolute Gasteiger partial charge is 0.141 e. The largest absolute Gasteiger partial charge is 0.299 e. The van der Waals surface area contributed by atoms with Gasteiger partial charge in [-0.1, -0.05) is 110 Å². The van der Waals surface area contributed by atoms with Crippen molar-refractivity contribution in [3.05, 3.63) is 36.5 Å². The number of unbranched alkanes of at least 4 members (excludes halogenated alkanes) is 13. The first-order valence-electron chi connectivity index (χ1n) is 11.6. The lowest BCUT2D eigenvalue weighted by Gasteiger charge is -1.99. The Labute approximate surface area is 170 Å². The molecule has 0 unspecified atom stereocenters. The van der Waals surface area contributed by atoms with E-state index in [2.05, 4.69) is 39.2 Å². The molecular weight excluding hydrogens is 328 g/mol. The molecule has 0 aliphatic heterocycles. The number of Topliss-reactive ketones (excluding diaryl/α,β-unsaturated/α-hetero) is 1. The molecule has 0 radical (unpaired) electrons. The minimum Gasteiger partial charge on any atom is -0.299 e. The second-order valence-electron chi connectivity index (χ2n) is 8.04. The summed E-state index contributed by atoms with van der Waals surface area (Å²) < 4.78 is 0. The zero-order chi connectivity index (χ0) is 20.2. The zero-order valence-electron chi connectivity index (χ0n) is 18.5. The van der Waals surface area contributed by atoms with Crippen molar-refractivity contribution in [3.63, 3.8) is 0 Å². The van der Waals surface area contributed by atoms with E-state index in [1.165, 1.54) is 96.3 Å². The monoisotopic (exact) mass is 374 g/mol. The Morgan fingerprint density at radius 3 is 1.26 bits per heavy atom. The Hall–Kier alpha value is -1.11. The molecule has 156 valence electrons. The van der Waals surface area contributed by atoms with E-state index in [0.29, 0.717) is 12.8 Å². The molecule has 0 N–H and O–H groups in total. The van der Waals surface area contributed by atoms with Crippen LogP contribution in [-0.4, -0.2) is 5.78 Å². The van der Waals surface area contributed by atoms with E-state index in [4.69, 9.17) is 0 Å². The summed E-state index contributed by atoms with van der Waals surface area (Å²) in [7, 11) is 0. The number of rotatable bonds is 15. The fraction of sp³-hybridized carbons (Fsp3) is 0.731. The molecule has 1 fully saturated rings. The molecule has 1 aliphatic rings. The third-order valence-corrected chi connectivity index (χ3v) is 5.19. The van der Waals surface area contributed by atoms with Crippen LogP contribution in [0.25, 0.3) is 0 Å². The third kappa shape index (κ3) is 18.0. The highest BCUT2D eigenvalue weighted by Crippen LogP contribution is 2.23. The van der Waals surface area contributed by atoms with Crippen LogP contribution < -0.4 is 0 Å². The molecule has 1 heteroatoms. The van der Waals surface area contributed by atoms with Crippen molar-refractivity contribution in [1.29, 1.82) is 0 Å². The van der Waals surface area contributed by atoms with Gasteiger partial charge in [-0.2, -0.15) is 0 Å². The number of hydrogen-bond donors (Lipinski definition) is 0. The van der Waals surface area contributed by atoms with Gasteiger partial charge in [-0.15, -0.1) is 0 Å². The van der Waals surface area contributed by atoms with Gasteiger partial charge in [0.1, 0.15) is 5.78 Å². The standard InChI is InChI=1S/C19H38.C7H8O/c1-3-5-7-9-11-13-15-17-19-18-16-14-12-10-8-6-4-2;1-5-3-7(8)4-6(5)2/h17,19H,3-16,18H2,1-2H3;1-4H2/b19-17+;. The third-order valence-electron chi connectivity index (χ3n) is 5.19. The van der Waals surface area contributed by atoms with E-state index < -0.39 is 0 Å². The maximum atomic E-state index is 10.5. The van der Waals surface area contributed by atoms with Gasteiger partial charge in [0, 0.05) is 12.8 Å². The van der Waals surface area contributed by atoms with Gasteiger partial charge in [-0.05, 0) is 36.8 Å². The van der Waals surface area contributed by atoms with Gasteiger partial charge in [-0.3, -0.25) is 4.79 Å². The van der Waals surface area contributed by atoms with E-state index in [0.717, 1.165) is 11.1 Å². The SMILES string of the molecule is C=C1CC(=O)CC1=C.CCCCCCCC/C=C/CCCCCCCCC. The van der Waals surface area contributed by atoms with Crippen LogP contribution in [0.5, 0.6) is 0 Å². The molecule has 0 bridgehead atoms. The molecule has 0 heterocycles. The lowest BCUT2D eigenvalue weighted by molar-refractivity contribution is -0.116. The van der Waals surface area contributed by atoms with Gasteiger partial charge in [0.2, 0.25) is 0 Å². The predicted octanol–water partition coefficient (Wildman–Crippen LogP) is 8.90. The van der Waals surface area contributed by atoms with Gasteiger partial charge in [0.25, 0.3) is 0 Å². The van der Waals surface area contributed by atoms with E-state index in [1.807, 2.05) is 0 Å². The Kier molecular flexibility index (Phi) is 18.8. The molecule has 0 spiro atoms. The molecule has 1 nitrogen and oxygen atoms in total. The van der Waals surface area contributed by atoms with Gasteiger partial charge in [0.05, 0.1) is 0 Å². The maximum Gasteiger partial charge on any atom is 0.141 e. The van der Waals surface area contributed by atoms with Crippen molar-refractivity contribution in [3.8, 4) is 0 Å². The zero-order valence-corrected chi connectivity index (χ0v) is 18.5. The molecule has 1 aliphatic carbocycles. The van der Waals surface area contributed by atoms with E-state index >= 15 is 0 Å². The molecule has 0 atom stereocenters. The Balaban J connectivity index is 0.000000694. The summed E-state index contributed by atoms with van der Waals surface area (Å²) in [5.74, 6) is 0.250. The Morgan fingerprint density at radius 2 is 0.963 bits per heavy atom. The van der Waals surface area contributed by atoms with Crippen LogP contribution in [0.3, 0.4) is 0 Å². The van der Waals surface area contributed by atoms with Gasteiger partial charge in [-0.25, -0.2) is 0 Å². The summed E-state index contributed by atoms with van der Waals surface area (Å²) in [5.41, 5.74) is 1.82. The fourth-order valence-electron chi connectivity index (χ4n) is 3.29.